The summed E-state index contributed by atoms with van der Waals surface area (Å²) in [5.74, 6) is -0.441. The van der Waals surface area contributed by atoms with Crippen molar-refractivity contribution in [1.82, 2.24) is 14.6 Å². The molecule has 2 amide bonds. The van der Waals surface area contributed by atoms with Gasteiger partial charge in [0.25, 0.3) is 0 Å². The zero-order chi connectivity index (χ0) is 22.7. The maximum absolute atomic E-state index is 13.1. The smallest absolute Gasteiger partial charge is 0.243 e. The van der Waals surface area contributed by atoms with Gasteiger partial charge in [0.1, 0.15) is 6.04 Å². The Morgan fingerprint density at radius 3 is 2.62 bits per heavy atom. The number of nitrogens with one attached hydrogen (secondary N) is 1. The molecule has 1 aromatic heterocycles. The van der Waals surface area contributed by atoms with Crippen LogP contribution in [0.2, 0.25) is 0 Å². The first-order valence-corrected chi connectivity index (χ1v) is 12.5. The molecule has 2 aliphatic heterocycles. The third-order valence-corrected chi connectivity index (χ3v) is 7.95. The van der Waals surface area contributed by atoms with E-state index in [-0.39, 0.29) is 29.6 Å². The number of anilines is 1. The van der Waals surface area contributed by atoms with E-state index >= 15 is 0 Å². The van der Waals surface area contributed by atoms with Gasteiger partial charge in [-0.1, -0.05) is 19.4 Å². The van der Waals surface area contributed by atoms with Crippen molar-refractivity contribution in [2.45, 2.75) is 56.5 Å². The van der Waals surface area contributed by atoms with Gasteiger partial charge in [0.05, 0.1) is 4.90 Å². The Kier molecular flexibility index (Phi) is 6.57. The second kappa shape index (κ2) is 9.38. The fourth-order valence-corrected chi connectivity index (χ4v) is 5.91. The Morgan fingerprint density at radius 2 is 1.94 bits per heavy atom. The van der Waals surface area contributed by atoms with Gasteiger partial charge in [0.15, 0.2) is 0 Å². The summed E-state index contributed by atoms with van der Waals surface area (Å²) in [6.45, 7) is 3.11. The van der Waals surface area contributed by atoms with Crippen LogP contribution in [0.3, 0.4) is 0 Å². The second-order valence-electron chi connectivity index (χ2n) is 8.17. The lowest BCUT2D eigenvalue weighted by Gasteiger charge is -2.26. The third-order valence-electron chi connectivity index (χ3n) is 6.05. The summed E-state index contributed by atoms with van der Waals surface area (Å²) in [4.78, 5) is 31.5. The topological polar surface area (TPSA) is 99.7 Å². The number of carbonyl (C=O) groups excluding carboxylic acids is 2. The van der Waals surface area contributed by atoms with Crippen molar-refractivity contribution in [2.24, 2.45) is 0 Å². The lowest BCUT2D eigenvalue weighted by Crippen LogP contribution is -2.47. The molecule has 1 atom stereocenters. The molecule has 2 aliphatic rings. The van der Waals surface area contributed by atoms with Crippen molar-refractivity contribution in [3.8, 4) is 0 Å². The zero-order valence-electron chi connectivity index (χ0n) is 18.2. The molecule has 1 aromatic carbocycles. The van der Waals surface area contributed by atoms with Gasteiger partial charge < -0.3 is 5.32 Å². The maximum Gasteiger partial charge on any atom is 0.243 e. The van der Waals surface area contributed by atoms with E-state index in [4.69, 9.17) is 0 Å². The number of hydrogen-bond donors (Lipinski definition) is 1. The fourth-order valence-electron chi connectivity index (χ4n) is 4.34. The summed E-state index contributed by atoms with van der Waals surface area (Å²) >= 11 is 0. The number of sulfonamides is 1. The third kappa shape index (κ3) is 4.40. The van der Waals surface area contributed by atoms with E-state index in [1.54, 1.807) is 43.6 Å². The monoisotopic (exact) mass is 456 g/mol. The largest absolute Gasteiger partial charge is 0.350 e. The van der Waals surface area contributed by atoms with E-state index in [0.717, 1.165) is 24.8 Å². The number of aromatic nitrogens is 1. The maximum atomic E-state index is 13.1. The van der Waals surface area contributed by atoms with E-state index < -0.39 is 16.1 Å². The van der Waals surface area contributed by atoms with Gasteiger partial charge in [0.2, 0.25) is 21.8 Å². The quantitative estimate of drug-likeness (QED) is 0.719. The molecule has 0 radical (unpaired) electrons. The number of benzene rings is 1. The number of rotatable bonds is 6. The van der Waals surface area contributed by atoms with Gasteiger partial charge in [-0.3, -0.25) is 19.5 Å². The fraction of sp³-hybridized carbons (Fsp3) is 0.435. The van der Waals surface area contributed by atoms with Crippen LogP contribution in [0.4, 0.5) is 5.69 Å². The molecule has 0 bridgehead atoms. The summed E-state index contributed by atoms with van der Waals surface area (Å²) in [6, 6.07) is 7.79. The SMILES string of the molecule is CCC(=O)N1c2ccc(S(=O)(=O)N3CCCCC3)cc2C[C@H]1C(=O)NCc1cccnc1. The van der Waals surface area contributed by atoms with Crippen molar-refractivity contribution in [2.75, 3.05) is 18.0 Å². The minimum absolute atomic E-state index is 0.170. The first-order chi connectivity index (χ1) is 15.4. The highest BCUT2D eigenvalue weighted by Crippen LogP contribution is 2.35. The Labute approximate surface area is 188 Å². The van der Waals surface area contributed by atoms with E-state index in [0.29, 0.717) is 30.9 Å². The molecular weight excluding hydrogens is 428 g/mol. The van der Waals surface area contributed by atoms with Crippen molar-refractivity contribution < 1.29 is 18.0 Å². The first-order valence-electron chi connectivity index (χ1n) is 11.0. The van der Waals surface area contributed by atoms with Gasteiger partial charge in [-0.2, -0.15) is 4.31 Å². The van der Waals surface area contributed by atoms with Crippen molar-refractivity contribution in [3.63, 3.8) is 0 Å². The highest BCUT2D eigenvalue weighted by molar-refractivity contribution is 7.89. The average molecular weight is 457 g/mol. The van der Waals surface area contributed by atoms with Crippen LogP contribution >= 0.6 is 0 Å². The molecule has 9 heteroatoms. The summed E-state index contributed by atoms with van der Waals surface area (Å²) in [6.07, 6.45) is 6.64. The Hall–Kier alpha value is -2.78. The van der Waals surface area contributed by atoms with Gasteiger partial charge in [-0.15, -0.1) is 0 Å². The van der Waals surface area contributed by atoms with Crippen LogP contribution in [0, 0.1) is 0 Å². The second-order valence-corrected chi connectivity index (χ2v) is 10.1. The molecule has 8 nitrogen and oxygen atoms in total. The molecule has 0 unspecified atom stereocenters. The molecular formula is C23H28N4O4S. The normalized spacial score (nSPS) is 18.9. The minimum atomic E-state index is -3.59. The summed E-state index contributed by atoms with van der Waals surface area (Å²) in [5, 5.41) is 2.88. The number of piperidine rings is 1. The van der Waals surface area contributed by atoms with E-state index in [9.17, 15) is 18.0 Å². The Balaban J connectivity index is 1.57. The van der Waals surface area contributed by atoms with Gasteiger partial charge >= 0.3 is 0 Å². The molecule has 0 spiro atoms. The van der Waals surface area contributed by atoms with Crippen LogP contribution in [-0.2, 0) is 32.6 Å². The molecule has 1 N–H and O–H groups in total. The van der Waals surface area contributed by atoms with E-state index in [1.807, 2.05) is 6.07 Å². The van der Waals surface area contributed by atoms with Crippen LogP contribution in [0.1, 0.15) is 43.7 Å². The number of pyridine rings is 1. The predicted octanol–water partition coefficient (Wildman–Crippen LogP) is 2.24. The molecule has 1 fully saturated rings. The average Bonchev–Trinajstić information content (AvgIpc) is 3.22. The molecule has 3 heterocycles. The van der Waals surface area contributed by atoms with Gasteiger partial charge in [-0.25, -0.2) is 8.42 Å². The molecule has 170 valence electrons. The first kappa shape index (κ1) is 22.4. The zero-order valence-corrected chi connectivity index (χ0v) is 19.0. The predicted molar refractivity (Wildman–Crippen MR) is 120 cm³/mol. The van der Waals surface area contributed by atoms with Crippen LogP contribution in [0.5, 0.6) is 0 Å². The number of fused-ring (bicyclic) bond motifs is 1. The van der Waals surface area contributed by atoms with Crippen molar-refractivity contribution in [3.05, 3.63) is 53.9 Å². The van der Waals surface area contributed by atoms with Crippen LogP contribution in [0.15, 0.2) is 47.6 Å². The van der Waals surface area contributed by atoms with Crippen LogP contribution in [0.25, 0.3) is 0 Å². The van der Waals surface area contributed by atoms with Crippen LogP contribution in [-0.4, -0.2) is 48.7 Å². The number of nitrogens with zero attached hydrogens (tertiary/aromatic N) is 3. The highest BCUT2D eigenvalue weighted by atomic mass is 32.2. The van der Waals surface area contributed by atoms with Gasteiger partial charge in [0, 0.05) is 50.6 Å². The minimum Gasteiger partial charge on any atom is -0.350 e. The van der Waals surface area contributed by atoms with E-state index in [2.05, 4.69) is 10.3 Å². The van der Waals surface area contributed by atoms with E-state index in [1.165, 1.54) is 9.21 Å². The standard InChI is InChI=1S/C23H28N4O4S/c1-2-22(28)27-20-9-8-19(32(30,31)26-11-4-3-5-12-26)13-18(20)14-21(27)23(29)25-16-17-7-6-10-24-15-17/h6-10,13,15,21H,2-5,11-12,14,16H2,1H3,(H,25,29)/t21-/m0/s1. The summed E-state index contributed by atoms with van der Waals surface area (Å²) in [7, 11) is -3.59. The van der Waals surface area contributed by atoms with Gasteiger partial charge in [-0.05, 0) is 48.2 Å². The molecule has 4 rings (SSSR count). The lowest BCUT2D eigenvalue weighted by atomic mass is 10.1. The molecule has 0 saturated carbocycles. The summed E-state index contributed by atoms with van der Waals surface area (Å²) in [5.41, 5.74) is 2.17. The molecule has 2 aromatic rings. The highest BCUT2D eigenvalue weighted by Gasteiger charge is 2.38. The Morgan fingerprint density at radius 1 is 1.16 bits per heavy atom. The molecule has 32 heavy (non-hydrogen) atoms. The number of amides is 2. The summed E-state index contributed by atoms with van der Waals surface area (Å²) < 4.78 is 27.7. The number of carbonyl (C=O) groups is 2. The van der Waals surface area contributed by atoms with Crippen LogP contribution < -0.4 is 10.2 Å². The molecule has 1 saturated heterocycles. The van der Waals surface area contributed by atoms with Crippen molar-refractivity contribution >= 4 is 27.5 Å². The number of hydrogen-bond acceptors (Lipinski definition) is 5. The van der Waals surface area contributed by atoms with Crippen molar-refractivity contribution in [1.29, 1.82) is 0 Å². The lowest BCUT2D eigenvalue weighted by molar-refractivity contribution is -0.126. The molecule has 0 aliphatic carbocycles. The Bertz CT molecular complexity index is 1100.